The predicted molar refractivity (Wildman–Crippen MR) is 113 cm³/mol. The number of fused-ring (bicyclic) bond motifs is 1. The zero-order chi connectivity index (χ0) is 21.1. The van der Waals surface area contributed by atoms with Gasteiger partial charge in [-0.1, -0.05) is 13.3 Å². The third-order valence-corrected chi connectivity index (χ3v) is 5.23. The van der Waals surface area contributed by atoms with Crippen molar-refractivity contribution in [2.45, 2.75) is 72.8 Å². The molecular formula is C20H31N7O2. The summed E-state index contributed by atoms with van der Waals surface area (Å²) in [6.45, 7) is 10.8. The number of hydrogen-bond acceptors (Lipinski definition) is 5. The Balaban J connectivity index is 2.04. The van der Waals surface area contributed by atoms with Crippen molar-refractivity contribution in [3.63, 3.8) is 0 Å². The van der Waals surface area contributed by atoms with Crippen molar-refractivity contribution in [2.24, 2.45) is 7.05 Å². The fourth-order valence-electron chi connectivity index (χ4n) is 3.59. The number of nitrogens with one attached hydrogen (secondary N) is 1. The van der Waals surface area contributed by atoms with Crippen LogP contribution < -0.4 is 11.2 Å². The van der Waals surface area contributed by atoms with Crippen LogP contribution in [0.25, 0.3) is 11.2 Å². The van der Waals surface area contributed by atoms with E-state index in [0.29, 0.717) is 30.8 Å². The molecule has 158 valence electrons. The van der Waals surface area contributed by atoms with Crippen LogP contribution in [-0.4, -0.2) is 39.8 Å². The van der Waals surface area contributed by atoms with Gasteiger partial charge in [0.05, 0.1) is 12.7 Å². The van der Waals surface area contributed by atoms with Crippen LogP contribution in [0.15, 0.2) is 22.0 Å². The minimum absolute atomic E-state index is 0.279. The lowest BCUT2D eigenvalue weighted by Gasteiger charge is -2.25. The minimum atomic E-state index is -0.390. The molecule has 3 rings (SSSR count). The second-order valence-corrected chi connectivity index (χ2v) is 7.73. The van der Waals surface area contributed by atoms with E-state index in [1.54, 1.807) is 9.25 Å². The maximum absolute atomic E-state index is 12.6. The number of hydrogen-bond donors (Lipinski definition) is 1. The summed E-state index contributed by atoms with van der Waals surface area (Å²) in [5, 5.41) is 4.25. The van der Waals surface area contributed by atoms with Crippen LogP contribution in [0.3, 0.4) is 0 Å². The van der Waals surface area contributed by atoms with E-state index in [1.165, 1.54) is 0 Å². The van der Waals surface area contributed by atoms with Gasteiger partial charge < -0.3 is 4.57 Å². The number of aromatic amines is 1. The highest BCUT2D eigenvalue weighted by molar-refractivity contribution is 5.71. The third-order valence-electron chi connectivity index (χ3n) is 5.23. The number of nitrogens with zero attached hydrogens (tertiary/aromatic N) is 6. The molecule has 9 heteroatoms. The Morgan fingerprint density at radius 2 is 1.93 bits per heavy atom. The monoisotopic (exact) mass is 401 g/mol. The molecule has 0 radical (unpaired) electrons. The summed E-state index contributed by atoms with van der Waals surface area (Å²) in [5.74, 6) is 0.793. The highest BCUT2D eigenvalue weighted by Crippen LogP contribution is 2.17. The first-order valence-corrected chi connectivity index (χ1v) is 10.3. The molecule has 0 atom stereocenters. The van der Waals surface area contributed by atoms with Crippen molar-refractivity contribution in [1.82, 2.24) is 33.8 Å². The summed E-state index contributed by atoms with van der Waals surface area (Å²) in [6.07, 6.45) is 5.69. The van der Waals surface area contributed by atoms with Gasteiger partial charge in [-0.15, -0.1) is 0 Å². The largest absolute Gasteiger partial charge is 0.330 e. The lowest BCUT2D eigenvalue weighted by molar-refractivity contribution is 0.196. The highest BCUT2D eigenvalue weighted by atomic mass is 16.2. The second kappa shape index (κ2) is 8.77. The lowest BCUT2D eigenvalue weighted by atomic mass is 10.2. The van der Waals surface area contributed by atoms with Crippen molar-refractivity contribution in [3.05, 3.63) is 44.6 Å². The molecule has 0 fully saturated rings. The highest BCUT2D eigenvalue weighted by Gasteiger charge is 2.21. The van der Waals surface area contributed by atoms with Gasteiger partial charge in [0.25, 0.3) is 5.56 Å². The molecule has 0 aliphatic heterocycles. The van der Waals surface area contributed by atoms with Gasteiger partial charge in [0.2, 0.25) is 0 Å². The van der Waals surface area contributed by atoms with Crippen LogP contribution in [0.1, 0.15) is 51.9 Å². The Morgan fingerprint density at radius 1 is 1.17 bits per heavy atom. The molecular weight excluding hydrogens is 370 g/mol. The number of rotatable bonds is 9. The number of aryl methyl sites for hydroxylation is 3. The molecule has 0 aliphatic rings. The Morgan fingerprint density at radius 3 is 2.52 bits per heavy atom. The average Bonchev–Trinajstić information content (AvgIpc) is 3.24. The molecule has 0 spiro atoms. The van der Waals surface area contributed by atoms with Crippen molar-refractivity contribution >= 4 is 11.2 Å². The molecule has 3 aromatic heterocycles. The van der Waals surface area contributed by atoms with Gasteiger partial charge in [0.1, 0.15) is 5.82 Å². The van der Waals surface area contributed by atoms with Gasteiger partial charge >= 0.3 is 5.69 Å². The van der Waals surface area contributed by atoms with Crippen molar-refractivity contribution in [1.29, 1.82) is 0 Å². The molecule has 1 N–H and O–H groups in total. The first-order valence-electron chi connectivity index (χ1n) is 10.3. The first-order chi connectivity index (χ1) is 13.8. The van der Waals surface area contributed by atoms with E-state index in [4.69, 9.17) is 4.98 Å². The molecule has 0 saturated carbocycles. The summed E-state index contributed by atoms with van der Waals surface area (Å²) in [4.78, 5) is 34.5. The van der Waals surface area contributed by atoms with Crippen LogP contribution in [0.2, 0.25) is 0 Å². The molecule has 0 unspecified atom stereocenters. The summed E-state index contributed by atoms with van der Waals surface area (Å²) in [6, 6.07) is 0.279. The smallest absolute Gasteiger partial charge is 0.321 e. The number of unbranched alkanes of at least 4 members (excludes halogenated alkanes) is 1. The van der Waals surface area contributed by atoms with Crippen LogP contribution in [0.5, 0.6) is 0 Å². The normalized spacial score (nSPS) is 12.0. The van der Waals surface area contributed by atoms with E-state index in [9.17, 15) is 9.59 Å². The van der Waals surface area contributed by atoms with E-state index in [0.717, 1.165) is 30.8 Å². The SMILES string of the molecule is CCCCn1c(=O)[nH]c(=O)c2c1nc(CN(Cc1cnn(C)c1)C(C)C)n2CC. The maximum Gasteiger partial charge on any atom is 0.330 e. The van der Waals surface area contributed by atoms with Gasteiger partial charge in [0.15, 0.2) is 11.2 Å². The topological polar surface area (TPSA) is 93.7 Å². The Hall–Kier alpha value is -2.68. The second-order valence-electron chi connectivity index (χ2n) is 7.73. The van der Waals surface area contributed by atoms with Crippen molar-refractivity contribution in [2.75, 3.05) is 0 Å². The Labute approximate surface area is 170 Å². The molecule has 0 saturated heterocycles. The Bertz CT molecular complexity index is 1090. The fourth-order valence-corrected chi connectivity index (χ4v) is 3.59. The van der Waals surface area contributed by atoms with E-state index >= 15 is 0 Å². The van der Waals surface area contributed by atoms with Gasteiger partial charge in [-0.3, -0.25) is 23.9 Å². The zero-order valence-electron chi connectivity index (χ0n) is 18.0. The summed E-state index contributed by atoms with van der Waals surface area (Å²) in [7, 11) is 1.90. The van der Waals surface area contributed by atoms with Gasteiger partial charge in [0, 0.05) is 44.5 Å². The third kappa shape index (κ3) is 4.34. The quantitative estimate of drug-likeness (QED) is 0.591. The van der Waals surface area contributed by atoms with E-state index in [-0.39, 0.29) is 17.3 Å². The van der Waals surface area contributed by atoms with E-state index < -0.39 is 0 Å². The lowest BCUT2D eigenvalue weighted by Crippen LogP contribution is -2.31. The van der Waals surface area contributed by atoms with Crippen LogP contribution in [-0.2, 0) is 33.2 Å². The predicted octanol–water partition coefficient (Wildman–Crippen LogP) is 1.85. The molecule has 3 aromatic rings. The molecule has 0 amide bonds. The van der Waals surface area contributed by atoms with Gasteiger partial charge in [-0.05, 0) is 27.2 Å². The molecule has 0 bridgehead atoms. The molecule has 0 aromatic carbocycles. The van der Waals surface area contributed by atoms with Crippen LogP contribution >= 0.6 is 0 Å². The number of imidazole rings is 1. The minimum Gasteiger partial charge on any atom is -0.321 e. The van der Waals surface area contributed by atoms with Crippen LogP contribution in [0.4, 0.5) is 0 Å². The van der Waals surface area contributed by atoms with Gasteiger partial charge in [-0.25, -0.2) is 9.78 Å². The molecule has 9 nitrogen and oxygen atoms in total. The van der Waals surface area contributed by atoms with Crippen molar-refractivity contribution in [3.8, 4) is 0 Å². The first kappa shape index (κ1) is 21.0. The standard InChI is InChI=1S/C20H31N7O2/c1-6-8-9-27-18-17(19(28)23-20(27)29)26(7-2)16(22-18)13-25(14(3)4)12-15-10-21-24(5)11-15/h10-11,14H,6-9,12-13H2,1-5H3,(H,23,28,29). The fraction of sp³-hybridized carbons (Fsp3) is 0.600. The summed E-state index contributed by atoms with van der Waals surface area (Å²) >= 11 is 0. The van der Waals surface area contributed by atoms with Gasteiger partial charge in [-0.2, -0.15) is 5.10 Å². The number of aromatic nitrogens is 6. The van der Waals surface area contributed by atoms with E-state index in [2.05, 4.69) is 35.8 Å². The van der Waals surface area contributed by atoms with Crippen LogP contribution in [0, 0.1) is 0 Å². The molecule has 3 heterocycles. The summed E-state index contributed by atoms with van der Waals surface area (Å²) in [5.41, 5.74) is 1.32. The van der Waals surface area contributed by atoms with Crippen molar-refractivity contribution < 1.29 is 0 Å². The molecule has 0 aliphatic carbocycles. The zero-order valence-corrected chi connectivity index (χ0v) is 18.0. The maximum atomic E-state index is 12.6. The Kier molecular flexibility index (Phi) is 6.36. The summed E-state index contributed by atoms with van der Waals surface area (Å²) < 4.78 is 5.31. The number of H-pyrrole nitrogens is 1. The molecule has 29 heavy (non-hydrogen) atoms. The average molecular weight is 402 g/mol. The van der Waals surface area contributed by atoms with E-state index in [1.807, 2.05) is 30.9 Å².